The van der Waals surface area contributed by atoms with E-state index < -0.39 is 4.93 Å². The quantitative estimate of drug-likeness (QED) is 0.325. The topological polar surface area (TPSA) is 29.5 Å². The molecule has 2 nitrogen and oxygen atoms in total. The SMILES string of the molecule is CC(C)(C)C1(C(C)(C)C)Oc2cc3c(O)cc4c(c3cc2S1)-c1ccccc1C41CC2CCCCC2C1. The van der Waals surface area contributed by atoms with Gasteiger partial charge in [-0.15, -0.1) is 0 Å². The smallest absolute Gasteiger partial charge is 0.168 e. The molecule has 0 aromatic heterocycles. The standard InChI is InChI=1S/C34H40O2S/c1-31(2,3)34(32(4,5)6)36-28-15-23-24(16-29(28)37-34)30-22-13-9-10-14-25(22)33(26(30)17-27(23)35)18-20-11-7-8-12-21(20)19-33/h9-10,13-17,20-21,35H,7-8,11-12,18-19H2,1-6H3. The van der Waals surface area contributed by atoms with Gasteiger partial charge in [0.2, 0.25) is 0 Å². The van der Waals surface area contributed by atoms with Crippen LogP contribution in [0.5, 0.6) is 11.5 Å². The van der Waals surface area contributed by atoms with Gasteiger partial charge in [0.15, 0.2) is 4.93 Å². The molecule has 37 heavy (non-hydrogen) atoms. The number of ether oxygens (including phenoxy) is 1. The summed E-state index contributed by atoms with van der Waals surface area (Å²) in [6, 6.07) is 15.7. The molecule has 3 aromatic rings. The Morgan fingerprint density at radius 2 is 1.49 bits per heavy atom. The maximum Gasteiger partial charge on any atom is 0.168 e. The van der Waals surface area contributed by atoms with Gasteiger partial charge < -0.3 is 9.84 Å². The number of rotatable bonds is 0. The zero-order valence-electron chi connectivity index (χ0n) is 23.2. The first-order valence-electron chi connectivity index (χ1n) is 14.3. The van der Waals surface area contributed by atoms with Gasteiger partial charge in [0, 0.05) is 21.6 Å². The number of phenols is 1. The highest BCUT2D eigenvalue weighted by molar-refractivity contribution is 8.01. The van der Waals surface area contributed by atoms with Crippen LogP contribution in [0, 0.1) is 22.7 Å². The molecule has 0 bridgehead atoms. The maximum atomic E-state index is 11.5. The minimum atomic E-state index is -0.390. The van der Waals surface area contributed by atoms with Crippen LogP contribution in [0.3, 0.4) is 0 Å². The summed E-state index contributed by atoms with van der Waals surface area (Å²) >= 11 is 1.88. The molecule has 0 radical (unpaired) electrons. The van der Waals surface area contributed by atoms with Gasteiger partial charge >= 0.3 is 0 Å². The average Bonchev–Trinajstić information content (AvgIpc) is 3.49. The largest absolute Gasteiger partial charge is 0.507 e. The molecule has 4 aliphatic rings. The molecule has 2 unspecified atom stereocenters. The van der Waals surface area contributed by atoms with Crippen LogP contribution in [0.4, 0.5) is 0 Å². The fourth-order valence-corrected chi connectivity index (χ4v) is 10.2. The van der Waals surface area contributed by atoms with Gasteiger partial charge in [0.05, 0.1) is 4.90 Å². The first-order valence-corrected chi connectivity index (χ1v) is 15.1. The Morgan fingerprint density at radius 3 is 2.14 bits per heavy atom. The highest BCUT2D eigenvalue weighted by Gasteiger charge is 2.58. The summed E-state index contributed by atoms with van der Waals surface area (Å²) < 4.78 is 6.88. The summed E-state index contributed by atoms with van der Waals surface area (Å²) in [4.78, 5) is 0.808. The van der Waals surface area contributed by atoms with Crippen molar-refractivity contribution in [1.82, 2.24) is 0 Å². The minimum absolute atomic E-state index is 0.0422. The van der Waals surface area contributed by atoms with E-state index in [-0.39, 0.29) is 16.2 Å². The van der Waals surface area contributed by atoms with E-state index in [4.69, 9.17) is 4.74 Å². The third-order valence-corrected chi connectivity index (χ3v) is 12.3. The number of phenolic OH excluding ortho intramolecular Hbond substituents is 1. The van der Waals surface area contributed by atoms with Crippen LogP contribution in [0.2, 0.25) is 0 Å². The predicted octanol–water partition coefficient (Wildman–Crippen LogP) is 9.69. The summed E-state index contributed by atoms with van der Waals surface area (Å²) in [5, 5.41) is 13.6. The van der Waals surface area contributed by atoms with Crippen molar-refractivity contribution in [3.63, 3.8) is 0 Å². The highest BCUT2D eigenvalue weighted by atomic mass is 32.2. The van der Waals surface area contributed by atoms with Crippen LogP contribution in [-0.4, -0.2) is 10.0 Å². The molecule has 1 N–H and O–H groups in total. The Hall–Kier alpha value is -2.13. The third-order valence-electron chi connectivity index (χ3n) is 10.2. The van der Waals surface area contributed by atoms with Crippen LogP contribution in [0.25, 0.3) is 21.9 Å². The van der Waals surface area contributed by atoms with Crippen LogP contribution in [0.15, 0.2) is 47.4 Å². The molecule has 2 atom stereocenters. The summed E-state index contributed by atoms with van der Waals surface area (Å²) in [5.41, 5.74) is 5.51. The van der Waals surface area contributed by atoms with E-state index in [9.17, 15) is 5.11 Å². The molecule has 3 heteroatoms. The van der Waals surface area contributed by atoms with E-state index in [0.717, 1.165) is 23.0 Å². The molecule has 3 aliphatic carbocycles. The van der Waals surface area contributed by atoms with Crippen LogP contribution >= 0.6 is 11.8 Å². The molecule has 7 rings (SSSR count). The lowest BCUT2D eigenvalue weighted by atomic mass is 9.73. The molecule has 194 valence electrons. The molecule has 0 amide bonds. The van der Waals surface area contributed by atoms with Crippen LogP contribution in [-0.2, 0) is 5.41 Å². The van der Waals surface area contributed by atoms with Crippen LogP contribution < -0.4 is 4.74 Å². The van der Waals surface area contributed by atoms with E-state index >= 15 is 0 Å². The normalized spacial score (nSPS) is 27.6. The maximum absolute atomic E-state index is 11.5. The zero-order chi connectivity index (χ0) is 26.0. The van der Waals surface area contributed by atoms with Gasteiger partial charge in [-0.3, -0.25) is 0 Å². The number of fused-ring (bicyclic) bond motifs is 9. The summed E-state index contributed by atoms with van der Waals surface area (Å²) in [7, 11) is 0. The predicted molar refractivity (Wildman–Crippen MR) is 155 cm³/mol. The second kappa shape index (κ2) is 7.50. The summed E-state index contributed by atoms with van der Waals surface area (Å²) in [6.07, 6.45) is 7.95. The van der Waals surface area contributed by atoms with Crippen molar-refractivity contribution >= 4 is 22.5 Å². The van der Waals surface area contributed by atoms with E-state index in [1.54, 1.807) is 0 Å². The minimum Gasteiger partial charge on any atom is -0.507 e. The Balaban J connectivity index is 1.46. The zero-order valence-corrected chi connectivity index (χ0v) is 24.0. The van der Waals surface area contributed by atoms with Gasteiger partial charge in [-0.25, -0.2) is 0 Å². The number of aromatic hydroxyl groups is 1. The number of hydrogen-bond donors (Lipinski definition) is 1. The van der Waals surface area contributed by atoms with E-state index in [1.807, 2.05) is 11.8 Å². The lowest BCUT2D eigenvalue weighted by Gasteiger charge is -2.48. The van der Waals surface area contributed by atoms with E-state index in [1.165, 1.54) is 71.1 Å². The Bertz CT molecular complexity index is 1410. The first kappa shape index (κ1) is 23.9. The summed E-state index contributed by atoms with van der Waals surface area (Å²) in [5.74, 6) is 2.93. The molecule has 2 saturated carbocycles. The second-order valence-electron chi connectivity index (χ2n) is 14.3. The molecular formula is C34H40O2S. The van der Waals surface area contributed by atoms with E-state index in [0.29, 0.717) is 5.75 Å². The molecule has 1 heterocycles. The highest BCUT2D eigenvalue weighted by Crippen LogP contribution is 2.66. The lowest BCUT2D eigenvalue weighted by Crippen LogP contribution is -2.53. The molecular weight excluding hydrogens is 472 g/mol. The fraction of sp³-hybridized carbons (Fsp3) is 0.529. The Kier molecular flexibility index (Phi) is 4.85. The fourth-order valence-electron chi connectivity index (χ4n) is 8.81. The number of thioether (sulfide) groups is 1. The molecule has 1 aliphatic heterocycles. The van der Waals surface area contributed by atoms with Gasteiger partial charge in [0.1, 0.15) is 11.5 Å². The molecule has 3 aromatic carbocycles. The van der Waals surface area contributed by atoms with Crippen molar-refractivity contribution in [3.8, 4) is 22.6 Å². The Labute approximate surface area is 226 Å². The van der Waals surface area contributed by atoms with Gasteiger partial charge in [-0.1, -0.05) is 103 Å². The van der Waals surface area contributed by atoms with Gasteiger partial charge in [-0.05, 0) is 70.5 Å². The second-order valence-corrected chi connectivity index (χ2v) is 15.5. The van der Waals surface area contributed by atoms with Gasteiger partial charge in [0.25, 0.3) is 0 Å². The van der Waals surface area contributed by atoms with Crippen molar-refractivity contribution in [1.29, 1.82) is 0 Å². The first-order chi connectivity index (χ1) is 17.5. The third kappa shape index (κ3) is 3.07. The monoisotopic (exact) mass is 512 g/mol. The van der Waals surface area contributed by atoms with Crippen molar-refractivity contribution in [2.75, 3.05) is 0 Å². The number of hydrogen-bond acceptors (Lipinski definition) is 3. The summed E-state index contributed by atoms with van der Waals surface area (Å²) in [6.45, 7) is 13.7. The van der Waals surface area contributed by atoms with Crippen molar-refractivity contribution in [3.05, 3.63) is 53.6 Å². The van der Waals surface area contributed by atoms with Gasteiger partial charge in [-0.2, -0.15) is 0 Å². The van der Waals surface area contributed by atoms with E-state index in [2.05, 4.69) is 84.0 Å². The lowest BCUT2D eigenvalue weighted by molar-refractivity contribution is -0.0296. The Morgan fingerprint density at radius 1 is 0.838 bits per heavy atom. The van der Waals surface area contributed by atoms with Crippen molar-refractivity contribution in [2.45, 2.75) is 95.3 Å². The number of benzene rings is 3. The van der Waals surface area contributed by atoms with Crippen molar-refractivity contribution in [2.24, 2.45) is 22.7 Å². The molecule has 0 saturated heterocycles. The molecule has 2 fully saturated rings. The van der Waals surface area contributed by atoms with Crippen LogP contribution in [0.1, 0.15) is 91.2 Å². The van der Waals surface area contributed by atoms with Crippen molar-refractivity contribution < 1.29 is 9.84 Å². The average molecular weight is 513 g/mol. The molecule has 1 spiro atoms.